The van der Waals surface area contributed by atoms with Crippen LogP contribution in [0, 0.1) is 0 Å². The second-order valence-electron chi connectivity index (χ2n) is 14.1. The van der Waals surface area contributed by atoms with E-state index in [1.807, 2.05) is 6.07 Å². The molecule has 10 rings (SSSR count). The summed E-state index contributed by atoms with van der Waals surface area (Å²) in [5.74, 6) is 0. The van der Waals surface area contributed by atoms with Gasteiger partial charge in [-0.1, -0.05) is 153 Å². The number of benzene rings is 8. The lowest BCUT2D eigenvalue weighted by Crippen LogP contribution is -2.17. The van der Waals surface area contributed by atoms with Crippen LogP contribution < -0.4 is 4.90 Å². The number of para-hydroxylation sites is 2. The fraction of sp³-hybridized carbons (Fsp3) is 0.0612. The highest BCUT2D eigenvalue weighted by atomic mass is 16.3. The minimum Gasteiger partial charge on any atom is -0.456 e. The molecule has 51 heavy (non-hydrogen) atoms. The molecule has 1 aromatic heterocycles. The average molecular weight is 654 g/mol. The molecule has 0 saturated heterocycles. The Balaban J connectivity index is 1.26. The average Bonchev–Trinajstić information content (AvgIpc) is 3.68. The van der Waals surface area contributed by atoms with E-state index >= 15 is 0 Å². The van der Waals surface area contributed by atoms with Crippen molar-refractivity contribution < 1.29 is 4.42 Å². The van der Waals surface area contributed by atoms with Crippen molar-refractivity contribution in [3.63, 3.8) is 0 Å². The molecule has 1 heterocycles. The Morgan fingerprint density at radius 1 is 0.412 bits per heavy atom. The monoisotopic (exact) mass is 653 g/mol. The molecule has 0 N–H and O–H groups in total. The molecule has 242 valence electrons. The molecular formula is C49H35NO. The first-order valence-corrected chi connectivity index (χ1v) is 17.7. The zero-order valence-corrected chi connectivity index (χ0v) is 28.6. The zero-order valence-electron chi connectivity index (χ0n) is 28.6. The largest absolute Gasteiger partial charge is 0.456 e. The molecule has 1 aliphatic carbocycles. The van der Waals surface area contributed by atoms with E-state index in [1.54, 1.807) is 0 Å². The Morgan fingerprint density at radius 3 is 1.90 bits per heavy atom. The van der Waals surface area contributed by atoms with E-state index in [0.717, 1.165) is 50.1 Å². The molecule has 0 radical (unpaired) electrons. The van der Waals surface area contributed by atoms with E-state index in [0.29, 0.717) is 0 Å². The van der Waals surface area contributed by atoms with E-state index in [9.17, 15) is 0 Å². The van der Waals surface area contributed by atoms with Gasteiger partial charge in [-0.25, -0.2) is 0 Å². The van der Waals surface area contributed by atoms with Crippen LogP contribution in [0.25, 0.3) is 66.1 Å². The highest BCUT2D eigenvalue weighted by molar-refractivity contribution is 6.14. The van der Waals surface area contributed by atoms with Crippen LogP contribution in [0.5, 0.6) is 0 Å². The van der Waals surface area contributed by atoms with Crippen molar-refractivity contribution in [3.8, 4) is 33.4 Å². The third-order valence-electron chi connectivity index (χ3n) is 10.9. The summed E-state index contributed by atoms with van der Waals surface area (Å²) in [5.41, 5.74) is 15.1. The lowest BCUT2D eigenvalue weighted by molar-refractivity contribution is 0.660. The lowest BCUT2D eigenvalue weighted by atomic mass is 9.82. The summed E-state index contributed by atoms with van der Waals surface area (Å²) >= 11 is 0. The van der Waals surface area contributed by atoms with Gasteiger partial charge >= 0.3 is 0 Å². The van der Waals surface area contributed by atoms with Gasteiger partial charge in [-0.2, -0.15) is 0 Å². The molecule has 0 bridgehead atoms. The normalized spacial score (nSPS) is 13.1. The highest BCUT2D eigenvalue weighted by Gasteiger charge is 2.36. The topological polar surface area (TPSA) is 16.4 Å². The fourth-order valence-corrected chi connectivity index (χ4v) is 8.48. The van der Waals surface area contributed by atoms with Crippen molar-refractivity contribution in [2.24, 2.45) is 0 Å². The first-order valence-electron chi connectivity index (χ1n) is 17.7. The molecule has 2 nitrogen and oxygen atoms in total. The first kappa shape index (κ1) is 29.5. The van der Waals surface area contributed by atoms with Crippen LogP contribution in [0.4, 0.5) is 17.1 Å². The summed E-state index contributed by atoms with van der Waals surface area (Å²) in [5, 5.41) is 4.68. The first-order chi connectivity index (χ1) is 25.1. The van der Waals surface area contributed by atoms with Gasteiger partial charge in [-0.05, 0) is 80.7 Å². The van der Waals surface area contributed by atoms with E-state index in [4.69, 9.17) is 4.42 Å². The summed E-state index contributed by atoms with van der Waals surface area (Å²) in [7, 11) is 0. The van der Waals surface area contributed by atoms with Crippen molar-refractivity contribution in [1.82, 2.24) is 0 Å². The van der Waals surface area contributed by atoms with Gasteiger partial charge < -0.3 is 9.32 Å². The molecule has 0 fully saturated rings. The molecule has 0 saturated carbocycles. The minimum absolute atomic E-state index is 0.131. The summed E-state index contributed by atoms with van der Waals surface area (Å²) in [6.07, 6.45) is 0. The summed E-state index contributed by atoms with van der Waals surface area (Å²) in [4.78, 5) is 2.48. The molecule has 0 amide bonds. The van der Waals surface area contributed by atoms with Gasteiger partial charge in [0.15, 0.2) is 0 Å². The molecule has 9 aromatic rings. The van der Waals surface area contributed by atoms with Crippen LogP contribution in [0.3, 0.4) is 0 Å². The predicted octanol–water partition coefficient (Wildman–Crippen LogP) is 13.8. The number of furan rings is 1. The van der Waals surface area contributed by atoms with Crippen molar-refractivity contribution in [1.29, 1.82) is 0 Å². The maximum Gasteiger partial charge on any atom is 0.136 e. The molecule has 0 spiro atoms. The maximum atomic E-state index is 6.39. The number of nitrogens with zero attached hydrogens (tertiary/aromatic N) is 1. The summed E-state index contributed by atoms with van der Waals surface area (Å²) < 4.78 is 6.39. The van der Waals surface area contributed by atoms with Crippen LogP contribution in [0.15, 0.2) is 180 Å². The lowest BCUT2D eigenvalue weighted by Gasteiger charge is -2.31. The number of anilines is 3. The van der Waals surface area contributed by atoms with Gasteiger partial charge in [0.2, 0.25) is 0 Å². The van der Waals surface area contributed by atoms with Gasteiger partial charge in [0.1, 0.15) is 11.2 Å². The number of hydrogen-bond donors (Lipinski definition) is 0. The van der Waals surface area contributed by atoms with E-state index < -0.39 is 0 Å². The second kappa shape index (κ2) is 11.3. The summed E-state index contributed by atoms with van der Waals surface area (Å²) in [6.45, 7) is 4.71. The van der Waals surface area contributed by atoms with Crippen LogP contribution in [-0.4, -0.2) is 0 Å². The van der Waals surface area contributed by atoms with Gasteiger partial charge in [-0.15, -0.1) is 0 Å². The number of fused-ring (bicyclic) bond motifs is 7. The smallest absolute Gasteiger partial charge is 0.136 e. The molecule has 0 aliphatic heterocycles. The van der Waals surface area contributed by atoms with Gasteiger partial charge in [0.05, 0.1) is 11.4 Å². The van der Waals surface area contributed by atoms with E-state index in [1.165, 1.54) is 44.2 Å². The zero-order chi connectivity index (χ0) is 34.1. The molecule has 1 aliphatic rings. The molecule has 0 unspecified atom stereocenters. The van der Waals surface area contributed by atoms with Crippen molar-refractivity contribution in [2.75, 3.05) is 4.90 Å². The Bertz CT molecular complexity index is 2790. The summed E-state index contributed by atoms with van der Waals surface area (Å²) in [6, 6.07) is 63.7. The third-order valence-corrected chi connectivity index (χ3v) is 10.9. The fourth-order valence-electron chi connectivity index (χ4n) is 8.48. The SMILES string of the molecule is CC1(C)c2ccccc2-c2ccc(N(c3ccccc3-c3cccc4oc5ccccc5c34)c3ccc(-c4ccccc4)c4ccccc34)cc21. The van der Waals surface area contributed by atoms with Crippen molar-refractivity contribution in [2.45, 2.75) is 19.3 Å². The number of rotatable bonds is 5. The Hall–Kier alpha value is -6.38. The van der Waals surface area contributed by atoms with Crippen LogP contribution in [0.2, 0.25) is 0 Å². The van der Waals surface area contributed by atoms with E-state index in [-0.39, 0.29) is 5.41 Å². The van der Waals surface area contributed by atoms with Crippen molar-refractivity contribution >= 4 is 49.8 Å². The Morgan fingerprint density at radius 2 is 1.04 bits per heavy atom. The number of hydrogen-bond acceptors (Lipinski definition) is 2. The Labute approximate surface area is 297 Å². The predicted molar refractivity (Wildman–Crippen MR) is 214 cm³/mol. The second-order valence-corrected chi connectivity index (χ2v) is 14.1. The quantitative estimate of drug-likeness (QED) is 0.184. The van der Waals surface area contributed by atoms with Crippen LogP contribution >= 0.6 is 0 Å². The maximum absolute atomic E-state index is 6.39. The van der Waals surface area contributed by atoms with E-state index in [2.05, 4.69) is 189 Å². The molecule has 0 atom stereocenters. The highest BCUT2D eigenvalue weighted by Crippen LogP contribution is 2.52. The van der Waals surface area contributed by atoms with Crippen LogP contribution in [-0.2, 0) is 5.41 Å². The van der Waals surface area contributed by atoms with Crippen molar-refractivity contribution in [3.05, 3.63) is 187 Å². The van der Waals surface area contributed by atoms with Gasteiger partial charge in [-0.3, -0.25) is 0 Å². The minimum atomic E-state index is -0.131. The Kier molecular flexibility index (Phi) is 6.56. The van der Waals surface area contributed by atoms with Gasteiger partial charge in [0.25, 0.3) is 0 Å². The molecule has 8 aromatic carbocycles. The standard InChI is InChI=1S/C49H35NO/c1-49(2)42-23-11-8-18-36(42)37-28-27-33(31-43(37)49)50(45-30-29-34(32-15-4-3-5-16-32)35-17-6-7-19-38(35)45)44-24-12-9-20-39(44)40-22-14-26-47-48(40)41-21-10-13-25-46(41)51-47/h3-31H,1-2H3. The molecular weight excluding hydrogens is 619 g/mol. The van der Waals surface area contributed by atoms with Gasteiger partial charge in [0, 0.05) is 32.8 Å². The third kappa shape index (κ3) is 4.50. The molecule has 2 heteroatoms. The van der Waals surface area contributed by atoms with Crippen LogP contribution in [0.1, 0.15) is 25.0 Å².